The summed E-state index contributed by atoms with van der Waals surface area (Å²) in [6.07, 6.45) is 11.4. The third-order valence-electron chi connectivity index (χ3n) is 8.72. The quantitative estimate of drug-likeness (QED) is 0.423. The van der Waals surface area contributed by atoms with Gasteiger partial charge >= 0.3 is 7.12 Å². The smallest absolute Gasteiger partial charge is 0.534 e. The monoisotopic (exact) mass is 486 g/mol. The van der Waals surface area contributed by atoms with E-state index in [1.807, 2.05) is 19.9 Å². The lowest BCUT2D eigenvalue weighted by molar-refractivity contribution is 0.0521. The Kier molecular flexibility index (Phi) is 7.60. The van der Waals surface area contributed by atoms with Crippen LogP contribution in [0.3, 0.4) is 0 Å². The van der Waals surface area contributed by atoms with Crippen LogP contribution in [0.15, 0.2) is 54.8 Å². The Bertz CT molecular complexity index is 1140. The topological polar surface area (TPSA) is 38.7 Å². The molecule has 0 unspecified atom stereocenters. The number of rotatable bonds is 7. The summed E-state index contributed by atoms with van der Waals surface area (Å²) in [6.45, 7) is 16.9. The van der Waals surface area contributed by atoms with Gasteiger partial charge in [0.25, 0.3) is 0 Å². The second kappa shape index (κ2) is 10.2. The van der Waals surface area contributed by atoms with E-state index in [4.69, 9.17) is 9.31 Å². The number of aliphatic hydroxyl groups is 1. The van der Waals surface area contributed by atoms with Crippen LogP contribution in [0.2, 0.25) is 0 Å². The van der Waals surface area contributed by atoms with E-state index in [0.717, 1.165) is 44.0 Å². The highest BCUT2D eigenvalue weighted by molar-refractivity contribution is 6.62. The molecule has 36 heavy (non-hydrogen) atoms. The van der Waals surface area contributed by atoms with Crippen molar-refractivity contribution in [1.29, 1.82) is 0 Å². The molecule has 0 amide bonds. The molecule has 4 heteroatoms. The van der Waals surface area contributed by atoms with Crippen molar-refractivity contribution in [3.8, 4) is 0 Å². The van der Waals surface area contributed by atoms with Gasteiger partial charge in [-0.25, -0.2) is 0 Å². The predicted octanol–water partition coefficient (Wildman–Crippen LogP) is 7.15. The number of benzene rings is 2. The summed E-state index contributed by atoms with van der Waals surface area (Å²) >= 11 is 0. The molecule has 1 aliphatic carbocycles. The summed E-state index contributed by atoms with van der Waals surface area (Å²) in [5.74, 6) is 0.674. The Morgan fingerprint density at radius 2 is 1.58 bits per heavy atom. The van der Waals surface area contributed by atoms with Crippen LogP contribution in [0.1, 0.15) is 100 Å². The first-order valence-corrected chi connectivity index (χ1v) is 13.7. The Morgan fingerprint density at radius 3 is 2.11 bits per heavy atom. The Morgan fingerprint density at radius 1 is 0.972 bits per heavy atom. The lowest BCUT2D eigenvalue weighted by Crippen LogP contribution is -2.37. The van der Waals surface area contributed by atoms with Gasteiger partial charge in [0, 0.05) is 5.41 Å². The van der Waals surface area contributed by atoms with Crippen LogP contribution in [0.25, 0.3) is 6.08 Å². The molecule has 0 bridgehead atoms. The fraction of sp³-hybridized carbons (Fsp3) is 0.500. The van der Waals surface area contributed by atoms with Crippen LogP contribution in [-0.2, 0) is 14.7 Å². The minimum atomic E-state index is -0.645. The molecule has 2 aromatic carbocycles. The van der Waals surface area contributed by atoms with Gasteiger partial charge in [0.05, 0.1) is 11.4 Å². The van der Waals surface area contributed by atoms with Crippen LogP contribution < -0.4 is 5.46 Å². The number of hydrogen-bond acceptors (Lipinski definition) is 3. The lowest BCUT2D eigenvalue weighted by Gasteiger charge is -2.34. The van der Waals surface area contributed by atoms with Crippen molar-refractivity contribution >= 4 is 18.7 Å². The molecular weight excluding hydrogens is 443 g/mol. The minimum absolute atomic E-state index is 0.0713. The molecule has 2 aliphatic rings. The number of hydrogen-bond donors (Lipinski definition) is 1. The van der Waals surface area contributed by atoms with Crippen LogP contribution in [0, 0.1) is 13.8 Å². The van der Waals surface area contributed by atoms with E-state index in [1.54, 1.807) is 0 Å². The fourth-order valence-corrected chi connectivity index (χ4v) is 5.96. The zero-order chi connectivity index (χ0) is 26.1. The van der Waals surface area contributed by atoms with Gasteiger partial charge in [0.15, 0.2) is 0 Å². The van der Waals surface area contributed by atoms with Gasteiger partial charge in [-0.1, -0.05) is 88.2 Å². The lowest BCUT2D eigenvalue weighted by atomic mass is 9.68. The van der Waals surface area contributed by atoms with Crippen molar-refractivity contribution in [2.75, 3.05) is 0 Å². The molecule has 1 saturated heterocycles. The fourth-order valence-electron chi connectivity index (χ4n) is 5.96. The summed E-state index contributed by atoms with van der Waals surface area (Å²) < 4.78 is 12.1. The molecular formula is C32H43BO3. The van der Waals surface area contributed by atoms with Crippen molar-refractivity contribution in [2.45, 2.75) is 103 Å². The molecule has 2 aromatic rings. The maximum absolute atomic E-state index is 10.9. The van der Waals surface area contributed by atoms with Crippen LogP contribution in [0.4, 0.5) is 0 Å². The van der Waals surface area contributed by atoms with E-state index in [-0.39, 0.29) is 5.41 Å². The van der Waals surface area contributed by atoms with Gasteiger partial charge in [-0.05, 0) is 86.7 Å². The van der Waals surface area contributed by atoms with Crippen molar-refractivity contribution in [3.05, 3.63) is 82.6 Å². The highest BCUT2D eigenvalue weighted by Crippen LogP contribution is 2.40. The molecule has 3 nitrogen and oxygen atoms in total. The first kappa shape index (κ1) is 26.8. The highest BCUT2D eigenvalue weighted by Gasteiger charge is 2.43. The summed E-state index contributed by atoms with van der Waals surface area (Å²) in [7, 11) is -0.411. The van der Waals surface area contributed by atoms with Crippen molar-refractivity contribution in [1.82, 2.24) is 0 Å². The molecule has 4 rings (SSSR count). The molecule has 0 radical (unpaired) electrons. The first-order valence-electron chi connectivity index (χ1n) is 13.7. The van der Waals surface area contributed by atoms with Gasteiger partial charge in [-0.2, -0.15) is 0 Å². The number of aryl methyl sites for hydroxylation is 2. The second-order valence-corrected chi connectivity index (χ2v) is 11.4. The SMILES string of the molecule is C=C1OB(c2ccc(C(CC)(CC)c3ccc(/C=C/C4(O)CCCCC4)c(C)c3)cc2C)OC1(C)C. The van der Waals surface area contributed by atoms with Crippen molar-refractivity contribution in [3.63, 3.8) is 0 Å². The maximum atomic E-state index is 10.9. The van der Waals surface area contributed by atoms with Crippen molar-refractivity contribution < 1.29 is 14.4 Å². The second-order valence-electron chi connectivity index (χ2n) is 11.4. The van der Waals surface area contributed by atoms with E-state index in [9.17, 15) is 5.11 Å². The summed E-state index contributed by atoms with van der Waals surface area (Å²) in [4.78, 5) is 0. The molecule has 1 saturated carbocycles. The average molecular weight is 487 g/mol. The zero-order valence-electron chi connectivity index (χ0n) is 23.1. The molecule has 192 valence electrons. The molecule has 2 fully saturated rings. The van der Waals surface area contributed by atoms with Crippen LogP contribution >= 0.6 is 0 Å². The normalized spacial score (nSPS) is 19.6. The van der Waals surface area contributed by atoms with Gasteiger partial charge in [0.1, 0.15) is 5.60 Å². The van der Waals surface area contributed by atoms with Crippen LogP contribution in [-0.4, -0.2) is 23.4 Å². The minimum Gasteiger partial charge on any atom is -0.534 e. The molecule has 0 spiro atoms. The third-order valence-corrected chi connectivity index (χ3v) is 8.72. The van der Waals surface area contributed by atoms with E-state index in [0.29, 0.717) is 5.76 Å². The standard InChI is InChI=1S/C32H43BO3/c1-8-32(9-2,28-15-16-29(24(4)22-28)33-35-25(5)30(6,7)36-33)27-14-13-26(23(3)21-27)17-20-31(34)18-11-10-12-19-31/h13-17,20-22,34H,5,8-12,18-19H2,1-4,6-7H3/b20-17+. The molecule has 1 heterocycles. The maximum Gasteiger partial charge on any atom is 0.563 e. The van der Waals surface area contributed by atoms with Crippen LogP contribution in [0.5, 0.6) is 0 Å². The van der Waals surface area contributed by atoms with Gasteiger partial charge in [-0.15, -0.1) is 0 Å². The highest BCUT2D eigenvalue weighted by atomic mass is 16.7. The van der Waals surface area contributed by atoms with Gasteiger partial charge in [0.2, 0.25) is 0 Å². The third kappa shape index (κ3) is 5.08. The van der Waals surface area contributed by atoms with E-state index < -0.39 is 18.3 Å². The van der Waals surface area contributed by atoms with E-state index >= 15 is 0 Å². The van der Waals surface area contributed by atoms with E-state index in [1.165, 1.54) is 34.2 Å². The van der Waals surface area contributed by atoms with Gasteiger partial charge < -0.3 is 14.4 Å². The predicted molar refractivity (Wildman–Crippen MR) is 152 cm³/mol. The Balaban J connectivity index is 1.63. The Labute approximate surface area is 218 Å². The summed E-state index contributed by atoms with van der Waals surface area (Å²) in [5, 5.41) is 10.9. The molecule has 0 aromatic heterocycles. The molecule has 1 N–H and O–H groups in total. The zero-order valence-corrected chi connectivity index (χ0v) is 23.1. The average Bonchev–Trinajstić information content (AvgIpc) is 3.12. The van der Waals surface area contributed by atoms with Crippen molar-refractivity contribution in [2.24, 2.45) is 0 Å². The summed E-state index contributed by atoms with van der Waals surface area (Å²) in [5.41, 5.74) is 6.13. The Hall–Kier alpha value is -2.30. The molecule has 0 atom stereocenters. The largest absolute Gasteiger partial charge is 0.563 e. The van der Waals surface area contributed by atoms with Gasteiger partial charge in [-0.3, -0.25) is 0 Å². The molecule has 1 aliphatic heterocycles. The van der Waals surface area contributed by atoms with E-state index in [2.05, 4.69) is 76.7 Å². The first-order chi connectivity index (χ1) is 17.0. The summed E-state index contributed by atoms with van der Waals surface area (Å²) in [6, 6.07) is 13.6.